The van der Waals surface area contributed by atoms with Crippen molar-refractivity contribution in [2.45, 2.75) is 0 Å². The fourth-order valence-corrected chi connectivity index (χ4v) is 0. The van der Waals surface area contributed by atoms with E-state index in [1.165, 1.54) is 0 Å². The summed E-state index contributed by atoms with van der Waals surface area (Å²) in [6, 6.07) is 0. The van der Waals surface area contributed by atoms with Gasteiger partial charge in [0.25, 0.3) is 0 Å². The van der Waals surface area contributed by atoms with Crippen LogP contribution in [0, 0.1) is 0 Å². The monoisotopic (exact) mass is 152 g/mol. The van der Waals surface area contributed by atoms with E-state index in [0.29, 0.717) is 0 Å². The first kappa shape index (κ1) is 30.3. The third-order valence-electron chi connectivity index (χ3n) is 0. The largest absolute Gasteiger partial charge is 1.00 e. The van der Waals surface area contributed by atoms with Gasteiger partial charge in [-0.3, -0.25) is 0 Å². The van der Waals surface area contributed by atoms with Gasteiger partial charge in [-0.1, -0.05) is 0 Å². The van der Waals surface area contributed by atoms with E-state index >= 15 is 0 Å². The normalized spacial score (nSPS) is 6.56. The molecule has 0 fully saturated rings. The molecule has 40 valence electrons. The molecule has 0 saturated carbocycles. The van der Waals surface area contributed by atoms with Crippen molar-refractivity contribution in [3.63, 3.8) is 0 Å². The Labute approximate surface area is 95.4 Å². The molecule has 9 heteroatoms. The minimum Gasteiger partial charge on any atom is -0.822 e. The van der Waals surface area contributed by atoms with Gasteiger partial charge in [0.15, 0.2) is 0 Å². The van der Waals surface area contributed by atoms with Gasteiger partial charge < -0.3 is 19.2 Å². The first-order chi connectivity index (χ1) is 2.00. The van der Waals surface area contributed by atoms with Crippen LogP contribution < -0.4 is 71.3 Å². The van der Waals surface area contributed by atoms with E-state index in [1.54, 1.807) is 0 Å². The molecule has 0 heterocycles. The van der Waals surface area contributed by atoms with Gasteiger partial charge in [0, 0.05) is 0 Å². The zero-order valence-corrected chi connectivity index (χ0v) is 7.20. The van der Waals surface area contributed by atoms with Crippen molar-refractivity contribution >= 4 is 20.2 Å². The van der Waals surface area contributed by atoms with Crippen LogP contribution in [0.25, 0.3) is 0 Å². The number of halogens is 1. The third-order valence-corrected chi connectivity index (χ3v) is 0. The van der Waals surface area contributed by atoms with Gasteiger partial charge in [0.1, 0.15) is 0 Å². The molecule has 0 aromatic carbocycles. The molecular weight excluding hydrogens is 151 g/mol. The van der Waals surface area contributed by atoms with Gasteiger partial charge in [-0.25, -0.2) is 0 Å². The smallest absolute Gasteiger partial charge is 0.822 e. The Kier molecular flexibility index (Phi) is 43.2. The SMILES string of the molecule is Cl.O=P([O-])([O-])[O-].[Li+].[Li+].[Li+]. The van der Waals surface area contributed by atoms with Crippen LogP contribution in [0.5, 0.6) is 0 Å². The second-order valence-corrected chi connectivity index (χ2v) is 1.34. The maximum atomic E-state index is 8.55. The molecular formula is HClLi3O4P. The van der Waals surface area contributed by atoms with Crippen molar-refractivity contribution in [1.82, 2.24) is 0 Å². The van der Waals surface area contributed by atoms with Crippen LogP contribution in [0.15, 0.2) is 0 Å². The zero-order valence-electron chi connectivity index (χ0n) is 5.49. The van der Waals surface area contributed by atoms with E-state index in [1.807, 2.05) is 0 Å². The summed E-state index contributed by atoms with van der Waals surface area (Å²) in [6.45, 7) is 0. The van der Waals surface area contributed by atoms with E-state index in [0.717, 1.165) is 0 Å². The Balaban J connectivity index is -0.0000000133. The summed E-state index contributed by atoms with van der Waals surface area (Å²) >= 11 is 0. The third kappa shape index (κ3) is 142. The summed E-state index contributed by atoms with van der Waals surface area (Å²) in [4.78, 5) is 25.6. The van der Waals surface area contributed by atoms with Crippen LogP contribution in [0.2, 0.25) is 0 Å². The van der Waals surface area contributed by atoms with Gasteiger partial charge in [-0.2, -0.15) is 7.82 Å². The molecule has 0 N–H and O–H groups in total. The van der Waals surface area contributed by atoms with E-state index in [2.05, 4.69) is 0 Å². The Morgan fingerprint density at radius 2 is 0.889 bits per heavy atom. The summed E-state index contributed by atoms with van der Waals surface area (Å²) < 4.78 is 8.55. The molecule has 0 atom stereocenters. The summed E-state index contributed by atoms with van der Waals surface area (Å²) in [5.74, 6) is 0. The van der Waals surface area contributed by atoms with Crippen LogP contribution in [-0.4, -0.2) is 0 Å². The van der Waals surface area contributed by atoms with Gasteiger partial charge in [0.05, 0.1) is 0 Å². The van der Waals surface area contributed by atoms with Crippen LogP contribution in [0.4, 0.5) is 0 Å². The van der Waals surface area contributed by atoms with E-state index in [4.69, 9.17) is 19.2 Å². The number of rotatable bonds is 0. The average Bonchev–Trinajstić information content (AvgIpc) is 0.722. The van der Waals surface area contributed by atoms with Gasteiger partial charge in [0.2, 0.25) is 0 Å². The van der Waals surface area contributed by atoms with Gasteiger partial charge >= 0.3 is 56.6 Å². The predicted octanol–water partition coefficient (Wildman–Crippen LogP) is -11.4. The molecule has 0 aromatic heterocycles. The molecule has 0 saturated heterocycles. The molecule has 0 amide bonds. The molecule has 0 aliphatic carbocycles. The summed E-state index contributed by atoms with van der Waals surface area (Å²) in [6.07, 6.45) is 0. The second-order valence-electron chi connectivity index (χ2n) is 0.447. The second kappa shape index (κ2) is 12.8. The van der Waals surface area contributed by atoms with Crippen molar-refractivity contribution in [2.75, 3.05) is 0 Å². The maximum Gasteiger partial charge on any atom is 1.00 e. The maximum absolute atomic E-state index is 8.55. The van der Waals surface area contributed by atoms with Crippen molar-refractivity contribution < 1.29 is 75.8 Å². The van der Waals surface area contributed by atoms with Crippen LogP contribution in [0.3, 0.4) is 0 Å². The molecule has 0 aliphatic rings. The quantitative estimate of drug-likeness (QED) is 0.255. The molecule has 0 bridgehead atoms. The van der Waals surface area contributed by atoms with Crippen LogP contribution in [-0.2, 0) is 4.57 Å². The molecule has 0 rings (SSSR count). The Morgan fingerprint density at radius 3 is 0.889 bits per heavy atom. The van der Waals surface area contributed by atoms with Gasteiger partial charge in [-0.15, -0.1) is 12.4 Å². The van der Waals surface area contributed by atoms with Crippen LogP contribution >= 0.6 is 20.2 Å². The zero-order chi connectivity index (χ0) is 4.50. The Morgan fingerprint density at radius 1 is 0.889 bits per heavy atom. The molecule has 4 nitrogen and oxygen atoms in total. The van der Waals surface area contributed by atoms with Crippen molar-refractivity contribution in [3.05, 3.63) is 0 Å². The number of hydrogen-bond acceptors (Lipinski definition) is 4. The average molecular weight is 152 g/mol. The summed E-state index contributed by atoms with van der Waals surface area (Å²) in [5.41, 5.74) is 0. The van der Waals surface area contributed by atoms with Crippen molar-refractivity contribution in [3.8, 4) is 0 Å². The van der Waals surface area contributed by atoms with Crippen LogP contribution in [0.1, 0.15) is 0 Å². The van der Waals surface area contributed by atoms with E-state index in [-0.39, 0.29) is 69.0 Å². The van der Waals surface area contributed by atoms with Gasteiger partial charge in [-0.05, 0) is 0 Å². The van der Waals surface area contributed by atoms with E-state index in [9.17, 15) is 0 Å². The fourth-order valence-electron chi connectivity index (χ4n) is 0. The summed E-state index contributed by atoms with van der Waals surface area (Å²) in [7, 11) is -5.39. The molecule has 9 heavy (non-hydrogen) atoms. The van der Waals surface area contributed by atoms with Crippen molar-refractivity contribution in [1.29, 1.82) is 0 Å². The predicted molar refractivity (Wildman–Crippen MR) is 14.9 cm³/mol. The minimum absolute atomic E-state index is 0. The standard InChI is InChI=1S/ClH.3Li.H3O4P/c;;;;1-5(2,3)4/h1H;;;;(H3,1,2,3,4)/q;3*+1;/p-3. The fraction of sp³-hybridized carbons (Fsp3) is 0. The Bertz CT molecular complexity index is 61.9. The first-order valence-corrected chi connectivity index (χ1v) is 2.19. The molecule has 0 aromatic rings. The van der Waals surface area contributed by atoms with Crippen molar-refractivity contribution in [2.24, 2.45) is 0 Å². The number of phosphoric acid groups is 1. The molecule has 0 spiro atoms. The first-order valence-electron chi connectivity index (χ1n) is 0.730. The Hall–Kier alpha value is 2.19. The van der Waals surface area contributed by atoms with E-state index < -0.39 is 7.82 Å². The molecule has 0 aliphatic heterocycles. The minimum atomic E-state index is -5.39. The summed E-state index contributed by atoms with van der Waals surface area (Å²) in [5, 5.41) is 0. The topological polar surface area (TPSA) is 86.2 Å². The molecule has 0 unspecified atom stereocenters. The number of hydrogen-bond donors (Lipinski definition) is 0. The molecule has 0 radical (unpaired) electrons.